The van der Waals surface area contributed by atoms with E-state index >= 15 is 0 Å². The Balaban J connectivity index is 1.66. The molecule has 1 aliphatic carbocycles. The zero-order valence-corrected chi connectivity index (χ0v) is 18.4. The minimum Gasteiger partial charge on any atom is -0.480 e. The molecule has 1 atom stereocenters. The van der Waals surface area contributed by atoms with Crippen LogP contribution < -0.4 is 4.74 Å². The second kappa shape index (κ2) is 8.86. The largest absolute Gasteiger partial charge is 0.480 e. The summed E-state index contributed by atoms with van der Waals surface area (Å²) in [6.45, 7) is 2.24. The standard InChI is InChI=1S/C22H24FN3O4S/c1-12-18-20(30-3)24-17(11-29-2)25-21(18)31-19(12)22(28)26(15-8-9-15)10-16(27)13-4-6-14(23)7-5-13/h4-7,15-16,27H,8-11H2,1-3H3/t16-/m1/s1. The third kappa shape index (κ3) is 4.39. The van der Waals surface area contributed by atoms with Crippen molar-refractivity contribution in [2.75, 3.05) is 20.8 Å². The summed E-state index contributed by atoms with van der Waals surface area (Å²) in [6.07, 6.45) is 0.891. The Morgan fingerprint density at radius 3 is 2.61 bits per heavy atom. The number of benzene rings is 1. The fourth-order valence-electron chi connectivity index (χ4n) is 3.58. The molecule has 7 nitrogen and oxygen atoms in total. The number of ether oxygens (including phenoxy) is 2. The SMILES string of the molecule is COCc1nc(OC)c2c(C)c(C(=O)N(C[C@@H](O)c3ccc(F)cc3)C3CC3)sc2n1. The highest BCUT2D eigenvalue weighted by molar-refractivity contribution is 7.20. The van der Waals surface area contributed by atoms with E-state index in [9.17, 15) is 14.3 Å². The van der Waals surface area contributed by atoms with Gasteiger partial charge in [0.1, 0.15) is 17.3 Å². The van der Waals surface area contributed by atoms with Crippen molar-refractivity contribution in [2.45, 2.75) is 38.5 Å². The monoisotopic (exact) mass is 445 g/mol. The smallest absolute Gasteiger partial charge is 0.264 e. The van der Waals surface area contributed by atoms with Crippen LogP contribution in [0.3, 0.4) is 0 Å². The van der Waals surface area contributed by atoms with Gasteiger partial charge in [-0.05, 0) is 43.0 Å². The summed E-state index contributed by atoms with van der Waals surface area (Å²) < 4.78 is 23.8. The Hall–Kier alpha value is -2.62. The molecule has 1 amide bonds. The lowest BCUT2D eigenvalue weighted by Crippen LogP contribution is -2.36. The van der Waals surface area contributed by atoms with Gasteiger partial charge in [0.25, 0.3) is 5.91 Å². The van der Waals surface area contributed by atoms with Crippen molar-refractivity contribution in [2.24, 2.45) is 0 Å². The van der Waals surface area contributed by atoms with E-state index in [1.807, 2.05) is 6.92 Å². The lowest BCUT2D eigenvalue weighted by molar-refractivity contribution is 0.0607. The van der Waals surface area contributed by atoms with Crippen LogP contribution >= 0.6 is 11.3 Å². The minimum atomic E-state index is -0.900. The van der Waals surface area contributed by atoms with Crippen LogP contribution in [0.2, 0.25) is 0 Å². The lowest BCUT2D eigenvalue weighted by Gasteiger charge is -2.25. The van der Waals surface area contributed by atoms with Crippen LogP contribution in [0.4, 0.5) is 4.39 Å². The van der Waals surface area contributed by atoms with Crippen LogP contribution in [0, 0.1) is 12.7 Å². The molecule has 164 valence electrons. The number of hydrogen-bond donors (Lipinski definition) is 1. The first-order chi connectivity index (χ1) is 14.9. The van der Waals surface area contributed by atoms with E-state index in [-0.39, 0.29) is 30.9 Å². The number of aryl methyl sites for hydroxylation is 1. The van der Waals surface area contributed by atoms with E-state index in [2.05, 4.69) is 9.97 Å². The topological polar surface area (TPSA) is 84.8 Å². The van der Waals surface area contributed by atoms with E-state index in [4.69, 9.17) is 9.47 Å². The fourth-order valence-corrected chi connectivity index (χ4v) is 4.73. The van der Waals surface area contributed by atoms with Crippen molar-refractivity contribution in [3.8, 4) is 5.88 Å². The number of rotatable bonds is 8. The maximum absolute atomic E-state index is 13.5. The average Bonchev–Trinajstić information content (AvgIpc) is 3.55. The van der Waals surface area contributed by atoms with E-state index in [1.54, 1.807) is 12.0 Å². The van der Waals surface area contributed by atoms with Crippen LogP contribution in [-0.2, 0) is 11.3 Å². The van der Waals surface area contributed by atoms with Gasteiger partial charge in [0.15, 0.2) is 5.82 Å². The van der Waals surface area contributed by atoms with Gasteiger partial charge in [-0.15, -0.1) is 11.3 Å². The molecule has 1 fully saturated rings. The summed E-state index contributed by atoms with van der Waals surface area (Å²) in [7, 11) is 3.10. The molecule has 2 heterocycles. The van der Waals surface area contributed by atoms with Gasteiger partial charge in [0.2, 0.25) is 5.88 Å². The minimum absolute atomic E-state index is 0.0873. The second-order valence-electron chi connectivity index (χ2n) is 7.57. The Bertz CT molecular complexity index is 1100. The molecule has 1 saturated carbocycles. The van der Waals surface area contributed by atoms with Gasteiger partial charge in [-0.1, -0.05) is 12.1 Å². The number of nitrogens with zero attached hydrogens (tertiary/aromatic N) is 3. The number of carbonyl (C=O) groups excluding carboxylic acids is 1. The molecule has 2 aromatic heterocycles. The molecular weight excluding hydrogens is 421 g/mol. The molecule has 0 spiro atoms. The number of amides is 1. The quantitative estimate of drug-likeness (QED) is 0.570. The maximum Gasteiger partial charge on any atom is 0.264 e. The maximum atomic E-state index is 13.5. The molecular formula is C22H24FN3O4S. The van der Waals surface area contributed by atoms with Crippen LogP contribution in [0.15, 0.2) is 24.3 Å². The van der Waals surface area contributed by atoms with E-state index in [0.717, 1.165) is 18.4 Å². The number of thiophene rings is 1. The molecule has 3 aromatic rings. The molecule has 1 aromatic carbocycles. The Kier molecular flexibility index (Phi) is 6.17. The highest BCUT2D eigenvalue weighted by atomic mass is 32.1. The van der Waals surface area contributed by atoms with Gasteiger partial charge >= 0.3 is 0 Å². The van der Waals surface area contributed by atoms with Crippen molar-refractivity contribution >= 4 is 27.5 Å². The number of hydrogen-bond acceptors (Lipinski definition) is 7. The lowest BCUT2D eigenvalue weighted by atomic mass is 10.1. The molecule has 0 radical (unpaired) electrons. The Morgan fingerprint density at radius 2 is 2.00 bits per heavy atom. The molecule has 0 aliphatic heterocycles. The van der Waals surface area contributed by atoms with Crippen molar-refractivity contribution < 1.29 is 23.8 Å². The van der Waals surface area contributed by atoms with Gasteiger partial charge in [-0.3, -0.25) is 4.79 Å². The molecule has 9 heteroatoms. The highest BCUT2D eigenvalue weighted by Gasteiger charge is 2.36. The highest BCUT2D eigenvalue weighted by Crippen LogP contribution is 2.38. The predicted octanol–water partition coefficient (Wildman–Crippen LogP) is 3.63. The predicted molar refractivity (Wildman–Crippen MR) is 115 cm³/mol. The van der Waals surface area contributed by atoms with Gasteiger partial charge in [-0.25, -0.2) is 9.37 Å². The third-order valence-electron chi connectivity index (χ3n) is 5.34. The summed E-state index contributed by atoms with van der Waals surface area (Å²) in [6, 6.07) is 5.78. The number of methoxy groups -OCH3 is 2. The van der Waals surface area contributed by atoms with Crippen molar-refractivity contribution in [3.63, 3.8) is 0 Å². The Morgan fingerprint density at radius 1 is 1.29 bits per heavy atom. The second-order valence-corrected chi connectivity index (χ2v) is 8.57. The van der Waals surface area contributed by atoms with Gasteiger partial charge < -0.3 is 19.5 Å². The summed E-state index contributed by atoms with van der Waals surface area (Å²) >= 11 is 1.29. The summed E-state index contributed by atoms with van der Waals surface area (Å²) in [5.74, 6) is 0.376. The molecule has 1 aliphatic rings. The average molecular weight is 446 g/mol. The molecule has 0 saturated heterocycles. The third-order valence-corrected chi connectivity index (χ3v) is 6.51. The molecule has 0 bridgehead atoms. The zero-order chi connectivity index (χ0) is 22.1. The van der Waals surface area contributed by atoms with Crippen molar-refractivity contribution in [3.05, 3.63) is 51.9 Å². The first kappa shape index (κ1) is 21.6. The number of carbonyl (C=O) groups is 1. The molecule has 1 N–H and O–H groups in total. The number of aromatic nitrogens is 2. The molecule has 0 unspecified atom stereocenters. The Labute approximate surface area is 183 Å². The van der Waals surface area contributed by atoms with Crippen LogP contribution in [0.25, 0.3) is 10.2 Å². The molecule has 31 heavy (non-hydrogen) atoms. The van der Waals surface area contributed by atoms with Crippen LogP contribution in [0.1, 0.15) is 45.6 Å². The summed E-state index contributed by atoms with van der Waals surface area (Å²) in [5.41, 5.74) is 1.33. The fraction of sp³-hybridized carbons (Fsp3) is 0.409. The van der Waals surface area contributed by atoms with Gasteiger partial charge in [-0.2, -0.15) is 4.98 Å². The van der Waals surface area contributed by atoms with E-state index in [1.165, 1.54) is 42.7 Å². The number of aliphatic hydroxyl groups excluding tert-OH is 1. The van der Waals surface area contributed by atoms with Crippen molar-refractivity contribution in [1.82, 2.24) is 14.9 Å². The normalized spacial score (nSPS) is 14.6. The number of aliphatic hydroxyl groups is 1. The van der Waals surface area contributed by atoms with Gasteiger partial charge in [0, 0.05) is 13.2 Å². The van der Waals surface area contributed by atoms with Crippen molar-refractivity contribution in [1.29, 1.82) is 0 Å². The number of fused-ring (bicyclic) bond motifs is 1. The summed E-state index contributed by atoms with van der Waals surface area (Å²) in [4.78, 5) is 25.3. The first-order valence-electron chi connectivity index (χ1n) is 10.00. The van der Waals surface area contributed by atoms with Crippen LogP contribution in [-0.4, -0.2) is 52.7 Å². The van der Waals surface area contributed by atoms with Crippen LogP contribution in [0.5, 0.6) is 5.88 Å². The summed E-state index contributed by atoms with van der Waals surface area (Å²) in [5, 5.41) is 11.4. The van der Waals surface area contributed by atoms with E-state index < -0.39 is 6.10 Å². The first-order valence-corrected chi connectivity index (χ1v) is 10.8. The van der Waals surface area contributed by atoms with Gasteiger partial charge in [0.05, 0.1) is 30.0 Å². The number of halogens is 1. The zero-order valence-electron chi connectivity index (χ0n) is 17.6. The van der Waals surface area contributed by atoms with E-state index in [0.29, 0.717) is 32.4 Å². The molecule has 4 rings (SSSR count).